The van der Waals surface area contributed by atoms with Gasteiger partial charge < -0.3 is 0 Å². The molecule has 2 N–H and O–H groups in total. The molecule has 80 valence electrons. The lowest BCUT2D eigenvalue weighted by molar-refractivity contribution is -0.108. The lowest BCUT2D eigenvalue weighted by atomic mass is 10.0. The number of carbonyl (C=O) groups excluding carboxylic acids is 1. The minimum Gasteiger partial charge on any atom is -0.288 e. The molecule has 2 heterocycles. The van der Waals surface area contributed by atoms with E-state index in [1.165, 1.54) is 12.4 Å². The summed E-state index contributed by atoms with van der Waals surface area (Å²) < 4.78 is 0. The highest BCUT2D eigenvalue weighted by Crippen LogP contribution is 2.18. The first kappa shape index (κ1) is 9.97. The van der Waals surface area contributed by atoms with E-state index in [9.17, 15) is 4.79 Å². The van der Waals surface area contributed by atoms with E-state index in [2.05, 4.69) is 44.0 Å². The average molecular weight is 216 g/mol. The van der Waals surface area contributed by atoms with E-state index >= 15 is 0 Å². The van der Waals surface area contributed by atoms with Gasteiger partial charge in [-0.15, -0.1) is 0 Å². The molecule has 0 saturated carbocycles. The Morgan fingerprint density at radius 2 is 1.44 bits per heavy atom. The monoisotopic (exact) mass is 216 g/mol. The van der Waals surface area contributed by atoms with Crippen LogP contribution in [-0.2, 0) is 4.79 Å². The summed E-state index contributed by atoms with van der Waals surface area (Å²) in [6.45, 7) is 7.27. The van der Waals surface area contributed by atoms with E-state index in [0.717, 1.165) is 0 Å². The van der Waals surface area contributed by atoms with Gasteiger partial charge >= 0.3 is 0 Å². The Balaban J connectivity index is 2.21. The molecule has 0 aliphatic rings. The van der Waals surface area contributed by atoms with Crippen molar-refractivity contribution >= 4 is 16.9 Å². The largest absolute Gasteiger partial charge is 0.288 e. The van der Waals surface area contributed by atoms with Crippen LogP contribution in [0, 0.1) is 0 Å². The van der Waals surface area contributed by atoms with Crippen molar-refractivity contribution in [3.05, 3.63) is 36.9 Å². The number of Topliss-reactive ketones (excluding diaryl/α,β-unsaturated/α-hetero) is 1. The standard InChI is InChI=1S/C9H8N6O/c1-5(7-3-10-14-12-7)9(16)6(2)8-4-11-15-13-8/h3-4H,1-2H2,(H,10,12,14)(H,11,13,15). The molecule has 0 amide bonds. The first-order valence-corrected chi connectivity index (χ1v) is 4.35. The number of H-pyrrole nitrogens is 2. The second-order valence-corrected chi connectivity index (χ2v) is 3.00. The smallest absolute Gasteiger partial charge is 0.196 e. The predicted molar refractivity (Wildman–Crippen MR) is 55.8 cm³/mol. The summed E-state index contributed by atoms with van der Waals surface area (Å²) in [5, 5.41) is 19.5. The van der Waals surface area contributed by atoms with Crippen LogP contribution in [0.2, 0.25) is 0 Å². The summed E-state index contributed by atoms with van der Waals surface area (Å²) in [4.78, 5) is 11.9. The number of hydrogen-bond acceptors (Lipinski definition) is 5. The molecule has 0 saturated heterocycles. The quantitative estimate of drug-likeness (QED) is 0.712. The molecule has 2 aromatic heterocycles. The minimum absolute atomic E-state index is 0.210. The Morgan fingerprint density at radius 1 is 1.00 bits per heavy atom. The highest BCUT2D eigenvalue weighted by Gasteiger charge is 2.18. The maximum absolute atomic E-state index is 11.9. The van der Waals surface area contributed by atoms with Crippen molar-refractivity contribution in [3.8, 4) is 0 Å². The second kappa shape index (κ2) is 3.89. The van der Waals surface area contributed by atoms with Gasteiger partial charge in [0.1, 0.15) is 11.4 Å². The first-order valence-electron chi connectivity index (χ1n) is 4.35. The van der Waals surface area contributed by atoms with Crippen molar-refractivity contribution < 1.29 is 4.79 Å². The van der Waals surface area contributed by atoms with E-state index < -0.39 is 0 Å². The average Bonchev–Trinajstić information content (AvgIpc) is 2.97. The van der Waals surface area contributed by atoms with Gasteiger partial charge in [0.2, 0.25) is 0 Å². The number of ketones is 1. The number of rotatable bonds is 4. The number of aromatic nitrogens is 6. The van der Waals surface area contributed by atoms with Crippen LogP contribution in [0.25, 0.3) is 11.1 Å². The zero-order valence-electron chi connectivity index (χ0n) is 8.27. The Morgan fingerprint density at radius 3 is 1.75 bits per heavy atom. The summed E-state index contributed by atoms with van der Waals surface area (Å²) in [6, 6.07) is 0. The fourth-order valence-electron chi connectivity index (χ4n) is 1.11. The number of allylic oxidation sites excluding steroid dienone is 2. The molecule has 0 atom stereocenters. The molecule has 0 aromatic carbocycles. The number of hydrogen-bond donors (Lipinski definition) is 2. The predicted octanol–water partition coefficient (Wildman–Crippen LogP) is 0.218. The molecule has 7 heteroatoms. The molecular weight excluding hydrogens is 208 g/mol. The Kier molecular flexibility index (Phi) is 2.42. The first-order chi connectivity index (χ1) is 7.70. The van der Waals surface area contributed by atoms with Gasteiger partial charge in [-0.25, -0.2) is 0 Å². The van der Waals surface area contributed by atoms with Gasteiger partial charge in [0, 0.05) is 11.1 Å². The maximum atomic E-state index is 11.9. The fraction of sp³-hybridized carbons (Fsp3) is 0. The highest BCUT2D eigenvalue weighted by molar-refractivity contribution is 6.40. The summed E-state index contributed by atoms with van der Waals surface area (Å²) in [6.07, 6.45) is 2.83. The van der Waals surface area contributed by atoms with Crippen LogP contribution in [0.1, 0.15) is 11.4 Å². The van der Waals surface area contributed by atoms with Crippen molar-refractivity contribution in [3.63, 3.8) is 0 Å². The second-order valence-electron chi connectivity index (χ2n) is 3.00. The molecule has 0 unspecified atom stereocenters. The molecule has 16 heavy (non-hydrogen) atoms. The fourth-order valence-corrected chi connectivity index (χ4v) is 1.11. The van der Waals surface area contributed by atoms with Crippen LogP contribution in [-0.4, -0.2) is 36.6 Å². The molecule has 7 nitrogen and oxygen atoms in total. The van der Waals surface area contributed by atoms with Crippen molar-refractivity contribution in [2.45, 2.75) is 0 Å². The maximum Gasteiger partial charge on any atom is 0.196 e. The van der Waals surface area contributed by atoms with E-state index in [0.29, 0.717) is 11.4 Å². The van der Waals surface area contributed by atoms with Crippen molar-refractivity contribution in [2.24, 2.45) is 0 Å². The molecule has 2 aromatic rings. The van der Waals surface area contributed by atoms with Gasteiger partial charge in [0.05, 0.1) is 12.4 Å². The summed E-state index contributed by atoms with van der Waals surface area (Å²) in [5.74, 6) is -0.345. The third-order valence-electron chi connectivity index (χ3n) is 2.00. The molecule has 0 aliphatic carbocycles. The number of carbonyl (C=O) groups is 1. The lowest BCUT2D eigenvalue weighted by Gasteiger charge is -2.01. The highest BCUT2D eigenvalue weighted by atomic mass is 16.1. The van der Waals surface area contributed by atoms with E-state index in [4.69, 9.17) is 0 Å². The van der Waals surface area contributed by atoms with Gasteiger partial charge in [0.25, 0.3) is 0 Å². The number of nitrogens with zero attached hydrogens (tertiary/aromatic N) is 4. The molecule has 0 fully saturated rings. The topological polar surface area (TPSA) is 100 Å². The van der Waals surface area contributed by atoms with Gasteiger partial charge in [-0.2, -0.15) is 30.8 Å². The van der Waals surface area contributed by atoms with Crippen LogP contribution < -0.4 is 0 Å². The summed E-state index contributed by atoms with van der Waals surface area (Å²) in [7, 11) is 0. The summed E-state index contributed by atoms with van der Waals surface area (Å²) >= 11 is 0. The molecule has 0 radical (unpaired) electrons. The van der Waals surface area contributed by atoms with E-state index in [1.54, 1.807) is 0 Å². The zero-order chi connectivity index (χ0) is 11.5. The zero-order valence-corrected chi connectivity index (χ0v) is 8.27. The lowest BCUT2D eigenvalue weighted by Crippen LogP contribution is -2.04. The SMILES string of the molecule is C=C(C(=O)C(=C)c1cn[nH]n1)c1cn[nH]n1. The third-order valence-corrected chi connectivity index (χ3v) is 2.00. The number of nitrogens with one attached hydrogen (secondary N) is 2. The van der Waals surface area contributed by atoms with Gasteiger partial charge in [-0.1, -0.05) is 13.2 Å². The van der Waals surface area contributed by atoms with E-state index in [1.807, 2.05) is 0 Å². The Hall–Kier alpha value is -2.57. The number of aromatic amines is 2. The van der Waals surface area contributed by atoms with Crippen LogP contribution >= 0.6 is 0 Å². The molecule has 0 aliphatic heterocycles. The molecular formula is C9H8N6O. The van der Waals surface area contributed by atoms with Gasteiger partial charge in [-0.3, -0.25) is 4.79 Å². The van der Waals surface area contributed by atoms with Crippen LogP contribution in [0.15, 0.2) is 25.6 Å². The van der Waals surface area contributed by atoms with Crippen molar-refractivity contribution in [1.29, 1.82) is 0 Å². The third kappa shape index (κ3) is 1.65. The normalized spacial score (nSPS) is 10.0. The van der Waals surface area contributed by atoms with Crippen LogP contribution in [0.3, 0.4) is 0 Å². The van der Waals surface area contributed by atoms with Crippen LogP contribution in [0.5, 0.6) is 0 Å². The molecule has 0 bridgehead atoms. The van der Waals surface area contributed by atoms with E-state index in [-0.39, 0.29) is 16.9 Å². The minimum atomic E-state index is -0.345. The summed E-state index contributed by atoms with van der Waals surface area (Å²) in [5.41, 5.74) is 1.19. The molecule has 0 spiro atoms. The van der Waals surface area contributed by atoms with Crippen molar-refractivity contribution in [2.75, 3.05) is 0 Å². The Labute approximate surface area is 90.3 Å². The van der Waals surface area contributed by atoms with Crippen LogP contribution in [0.4, 0.5) is 0 Å². The van der Waals surface area contributed by atoms with Gasteiger partial charge in [0.15, 0.2) is 5.78 Å². The van der Waals surface area contributed by atoms with Gasteiger partial charge in [-0.05, 0) is 0 Å². The molecule has 2 rings (SSSR count). The Bertz CT molecular complexity index is 476. The van der Waals surface area contributed by atoms with Crippen molar-refractivity contribution in [1.82, 2.24) is 30.8 Å².